The molecule has 4 N–H and O–H groups in total. The first-order valence-electron chi connectivity index (χ1n) is 4.69. The summed E-state index contributed by atoms with van der Waals surface area (Å²) in [5.74, 6) is 0.861. The molecule has 0 spiro atoms. The van der Waals surface area contributed by atoms with Crippen LogP contribution in [-0.2, 0) is 6.42 Å². The van der Waals surface area contributed by atoms with Crippen molar-refractivity contribution in [2.75, 3.05) is 13.7 Å². The van der Waals surface area contributed by atoms with Gasteiger partial charge in [-0.25, -0.2) is 0 Å². The molecule has 0 heterocycles. The maximum atomic E-state index is 5.96. The summed E-state index contributed by atoms with van der Waals surface area (Å²) in [6.45, 7) is 2.44. The van der Waals surface area contributed by atoms with Crippen molar-refractivity contribution in [1.82, 2.24) is 0 Å². The van der Waals surface area contributed by atoms with Crippen LogP contribution in [0.3, 0.4) is 0 Å². The molecule has 0 aromatic heterocycles. The zero-order valence-electron chi connectivity index (χ0n) is 8.79. The third-order valence-electron chi connectivity index (χ3n) is 2.23. The Balaban J connectivity index is 2.69. The van der Waals surface area contributed by atoms with Crippen LogP contribution in [0.25, 0.3) is 0 Å². The summed E-state index contributed by atoms with van der Waals surface area (Å²) in [5.41, 5.74) is 12.4. The lowest BCUT2D eigenvalue weighted by atomic mass is 9.94. The summed E-state index contributed by atoms with van der Waals surface area (Å²) >= 11 is 0. The highest BCUT2D eigenvalue weighted by molar-refractivity contribution is 5.28. The SMILES string of the molecule is COc1ccc(C[C@](C)(N)CN)cc1. The van der Waals surface area contributed by atoms with Crippen molar-refractivity contribution >= 4 is 0 Å². The predicted molar refractivity (Wildman–Crippen MR) is 58.3 cm³/mol. The summed E-state index contributed by atoms with van der Waals surface area (Å²) in [5, 5.41) is 0. The quantitative estimate of drug-likeness (QED) is 0.749. The van der Waals surface area contributed by atoms with E-state index >= 15 is 0 Å². The fraction of sp³-hybridized carbons (Fsp3) is 0.455. The Morgan fingerprint density at radius 2 is 1.86 bits per heavy atom. The van der Waals surface area contributed by atoms with Crippen molar-refractivity contribution in [2.24, 2.45) is 11.5 Å². The lowest BCUT2D eigenvalue weighted by Gasteiger charge is -2.22. The zero-order chi connectivity index (χ0) is 10.6. The van der Waals surface area contributed by atoms with Crippen molar-refractivity contribution < 1.29 is 4.74 Å². The molecule has 3 heteroatoms. The molecular weight excluding hydrogens is 176 g/mol. The first-order chi connectivity index (χ1) is 6.57. The maximum absolute atomic E-state index is 5.96. The summed E-state index contributed by atoms with van der Waals surface area (Å²) < 4.78 is 5.07. The number of hydrogen-bond acceptors (Lipinski definition) is 3. The van der Waals surface area contributed by atoms with Crippen LogP contribution < -0.4 is 16.2 Å². The second-order valence-electron chi connectivity index (χ2n) is 3.88. The molecule has 0 aliphatic heterocycles. The minimum Gasteiger partial charge on any atom is -0.497 e. The van der Waals surface area contributed by atoms with E-state index in [1.54, 1.807) is 7.11 Å². The molecule has 0 radical (unpaired) electrons. The summed E-state index contributed by atoms with van der Waals surface area (Å²) in [4.78, 5) is 0. The lowest BCUT2D eigenvalue weighted by Crippen LogP contribution is -2.45. The standard InChI is InChI=1S/C11H18N2O/c1-11(13,8-12)7-9-3-5-10(14-2)6-4-9/h3-6H,7-8,12-13H2,1-2H3/t11-/m0/s1. The molecule has 0 unspecified atom stereocenters. The molecule has 14 heavy (non-hydrogen) atoms. The second kappa shape index (κ2) is 4.44. The summed E-state index contributed by atoms with van der Waals surface area (Å²) in [7, 11) is 1.65. The van der Waals surface area contributed by atoms with Crippen molar-refractivity contribution in [2.45, 2.75) is 18.9 Å². The first-order valence-corrected chi connectivity index (χ1v) is 4.69. The molecule has 1 aromatic rings. The zero-order valence-corrected chi connectivity index (χ0v) is 8.79. The Morgan fingerprint density at radius 3 is 2.29 bits per heavy atom. The smallest absolute Gasteiger partial charge is 0.118 e. The predicted octanol–water partition coefficient (Wildman–Crippen LogP) is 0.914. The molecule has 0 amide bonds. The van der Waals surface area contributed by atoms with Gasteiger partial charge in [-0.2, -0.15) is 0 Å². The number of hydrogen-bond donors (Lipinski definition) is 2. The molecule has 78 valence electrons. The van der Waals surface area contributed by atoms with E-state index in [0.717, 1.165) is 12.2 Å². The van der Waals surface area contributed by atoms with E-state index < -0.39 is 0 Å². The average molecular weight is 194 g/mol. The van der Waals surface area contributed by atoms with Crippen molar-refractivity contribution in [3.05, 3.63) is 29.8 Å². The number of ether oxygens (including phenoxy) is 1. The van der Waals surface area contributed by atoms with Crippen molar-refractivity contribution in [3.8, 4) is 5.75 Å². The normalized spacial score (nSPS) is 14.9. The van der Waals surface area contributed by atoms with Crippen LogP contribution in [0.1, 0.15) is 12.5 Å². The molecule has 0 fully saturated rings. The Hall–Kier alpha value is -1.06. The van der Waals surface area contributed by atoms with Gasteiger partial charge in [-0.05, 0) is 31.0 Å². The third kappa shape index (κ3) is 3.01. The van der Waals surface area contributed by atoms with Gasteiger partial charge in [-0.3, -0.25) is 0 Å². The number of methoxy groups -OCH3 is 1. The van der Waals surface area contributed by atoms with Gasteiger partial charge in [-0.15, -0.1) is 0 Å². The number of benzene rings is 1. The summed E-state index contributed by atoms with van der Waals surface area (Å²) in [6, 6.07) is 7.89. The van der Waals surface area contributed by atoms with Gasteiger partial charge < -0.3 is 16.2 Å². The molecule has 0 aliphatic rings. The topological polar surface area (TPSA) is 61.3 Å². The van der Waals surface area contributed by atoms with Gasteiger partial charge in [0.1, 0.15) is 5.75 Å². The van der Waals surface area contributed by atoms with Gasteiger partial charge >= 0.3 is 0 Å². The molecule has 1 aromatic carbocycles. The van der Waals surface area contributed by atoms with Gasteiger partial charge in [0.15, 0.2) is 0 Å². The summed E-state index contributed by atoms with van der Waals surface area (Å²) in [6.07, 6.45) is 0.785. The van der Waals surface area contributed by atoms with Gasteiger partial charge in [0, 0.05) is 12.1 Å². The van der Waals surface area contributed by atoms with Crippen LogP contribution in [0.15, 0.2) is 24.3 Å². The van der Waals surface area contributed by atoms with Gasteiger partial charge in [0.05, 0.1) is 7.11 Å². The molecule has 1 rings (SSSR count). The molecular formula is C11H18N2O. The molecule has 0 bridgehead atoms. The minimum atomic E-state index is -0.325. The highest BCUT2D eigenvalue weighted by atomic mass is 16.5. The lowest BCUT2D eigenvalue weighted by molar-refractivity contribution is 0.414. The molecule has 3 nitrogen and oxygen atoms in total. The monoisotopic (exact) mass is 194 g/mol. The molecule has 0 saturated heterocycles. The van der Waals surface area contributed by atoms with Crippen LogP contribution in [0.4, 0.5) is 0 Å². The van der Waals surface area contributed by atoms with Crippen LogP contribution in [0, 0.1) is 0 Å². The Kier molecular flexibility index (Phi) is 3.49. The van der Waals surface area contributed by atoms with Crippen LogP contribution in [0.2, 0.25) is 0 Å². The largest absolute Gasteiger partial charge is 0.497 e. The minimum absolute atomic E-state index is 0.325. The fourth-order valence-electron chi connectivity index (χ4n) is 1.28. The molecule has 0 aliphatic carbocycles. The molecule has 0 saturated carbocycles. The molecule has 1 atom stereocenters. The second-order valence-corrected chi connectivity index (χ2v) is 3.88. The third-order valence-corrected chi connectivity index (χ3v) is 2.23. The van der Waals surface area contributed by atoms with Crippen LogP contribution in [0.5, 0.6) is 5.75 Å². The van der Waals surface area contributed by atoms with E-state index in [4.69, 9.17) is 16.2 Å². The van der Waals surface area contributed by atoms with Crippen molar-refractivity contribution in [1.29, 1.82) is 0 Å². The Labute approximate surface area is 85.0 Å². The maximum Gasteiger partial charge on any atom is 0.118 e. The highest BCUT2D eigenvalue weighted by Crippen LogP contribution is 2.14. The number of rotatable bonds is 4. The highest BCUT2D eigenvalue weighted by Gasteiger charge is 2.16. The Bertz CT molecular complexity index is 280. The average Bonchev–Trinajstić information content (AvgIpc) is 2.19. The van der Waals surface area contributed by atoms with Gasteiger partial charge in [0.25, 0.3) is 0 Å². The van der Waals surface area contributed by atoms with Crippen LogP contribution >= 0.6 is 0 Å². The van der Waals surface area contributed by atoms with Gasteiger partial charge in [0.2, 0.25) is 0 Å². The van der Waals surface area contributed by atoms with E-state index in [1.165, 1.54) is 5.56 Å². The fourth-order valence-corrected chi connectivity index (χ4v) is 1.28. The number of nitrogens with two attached hydrogens (primary N) is 2. The van der Waals surface area contributed by atoms with Crippen LogP contribution in [-0.4, -0.2) is 19.2 Å². The van der Waals surface area contributed by atoms with E-state index in [9.17, 15) is 0 Å². The Morgan fingerprint density at radius 1 is 1.29 bits per heavy atom. The van der Waals surface area contributed by atoms with Gasteiger partial charge in [-0.1, -0.05) is 12.1 Å². The van der Waals surface area contributed by atoms with E-state index in [-0.39, 0.29) is 5.54 Å². The van der Waals surface area contributed by atoms with E-state index in [1.807, 2.05) is 31.2 Å². The van der Waals surface area contributed by atoms with E-state index in [2.05, 4.69) is 0 Å². The van der Waals surface area contributed by atoms with Crippen molar-refractivity contribution in [3.63, 3.8) is 0 Å². The van der Waals surface area contributed by atoms with E-state index in [0.29, 0.717) is 6.54 Å². The first kappa shape index (κ1) is 11.0.